The second kappa shape index (κ2) is 4.37. The summed E-state index contributed by atoms with van der Waals surface area (Å²) in [5.74, 6) is -0.435. The molecule has 0 aromatic carbocycles. The zero-order chi connectivity index (χ0) is 9.84. The summed E-state index contributed by atoms with van der Waals surface area (Å²) in [6, 6.07) is 0. The minimum Gasteiger partial charge on any atom is -0.465 e. The summed E-state index contributed by atoms with van der Waals surface area (Å²) in [6.07, 6.45) is 0. The van der Waals surface area contributed by atoms with E-state index in [9.17, 15) is 4.79 Å². The number of esters is 1. The molecule has 72 valence electrons. The topological polar surface area (TPSA) is 39.2 Å². The first-order chi connectivity index (χ1) is 6.15. The Morgan fingerprint density at radius 3 is 2.92 bits per heavy atom. The largest absolute Gasteiger partial charge is 0.465 e. The fourth-order valence-electron chi connectivity index (χ4n) is 0.939. The molecule has 3 nitrogen and oxygen atoms in total. The van der Waals surface area contributed by atoms with Crippen molar-refractivity contribution in [3.05, 3.63) is 16.1 Å². The van der Waals surface area contributed by atoms with Crippen LogP contribution in [0.15, 0.2) is 5.38 Å². The molecule has 0 fully saturated rings. The van der Waals surface area contributed by atoms with Gasteiger partial charge >= 0.3 is 5.97 Å². The lowest BCUT2D eigenvalue weighted by molar-refractivity contribution is -0.144. The number of hydrogen-bond acceptors (Lipinski definition) is 4. The van der Waals surface area contributed by atoms with Gasteiger partial charge in [-0.25, -0.2) is 4.98 Å². The molecule has 1 atom stereocenters. The smallest absolute Gasteiger partial charge is 0.315 e. The molecule has 1 aromatic rings. The lowest BCUT2D eigenvalue weighted by Gasteiger charge is -2.06. The van der Waals surface area contributed by atoms with E-state index in [4.69, 9.17) is 4.74 Å². The third-order valence-corrected chi connectivity index (χ3v) is 2.79. The van der Waals surface area contributed by atoms with Crippen molar-refractivity contribution in [1.82, 2.24) is 4.98 Å². The van der Waals surface area contributed by atoms with Crippen LogP contribution in [0.3, 0.4) is 0 Å². The normalized spacial score (nSPS) is 12.5. The highest BCUT2D eigenvalue weighted by Gasteiger charge is 2.18. The van der Waals surface area contributed by atoms with E-state index < -0.39 is 0 Å². The average Bonchev–Trinajstić information content (AvgIpc) is 2.51. The Bertz CT molecular complexity index is 296. The molecular formula is C9H13NO2S. The number of aromatic nitrogens is 1. The molecule has 0 aliphatic heterocycles. The van der Waals surface area contributed by atoms with Crippen molar-refractivity contribution in [2.75, 3.05) is 6.61 Å². The molecule has 0 amide bonds. The quantitative estimate of drug-likeness (QED) is 0.700. The van der Waals surface area contributed by atoms with E-state index in [1.54, 1.807) is 6.92 Å². The van der Waals surface area contributed by atoms with Gasteiger partial charge in [0.15, 0.2) is 0 Å². The van der Waals surface area contributed by atoms with E-state index in [0.717, 1.165) is 10.7 Å². The van der Waals surface area contributed by atoms with E-state index in [1.165, 1.54) is 11.3 Å². The van der Waals surface area contributed by atoms with E-state index in [1.807, 2.05) is 19.2 Å². The fraction of sp³-hybridized carbons (Fsp3) is 0.556. The van der Waals surface area contributed by atoms with Gasteiger partial charge < -0.3 is 4.74 Å². The zero-order valence-electron chi connectivity index (χ0n) is 8.03. The number of ether oxygens (including phenoxy) is 1. The number of carbonyl (C=O) groups is 1. The second-order valence-corrected chi connectivity index (χ2v) is 3.69. The highest BCUT2D eigenvalue weighted by molar-refractivity contribution is 7.09. The molecule has 0 saturated carbocycles. The fourth-order valence-corrected chi connectivity index (χ4v) is 1.78. The molecule has 1 heterocycles. The molecule has 13 heavy (non-hydrogen) atoms. The number of hydrogen-bond donors (Lipinski definition) is 0. The van der Waals surface area contributed by atoms with Gasteiger partial charge in [-0.1, -0.05) is 0 Å². The summed E-state index contributed by atoms with van der Waals surface area (Å²) in [5.41, 5.74) is 0.955. The highest BCUT2D eigenvalue weighted by Crippen LogP contribution is 2.20. The molecule has 0 aliphatic carbocycles. The molecule has 0 radical (unpaired) electrons. The van der Waals surface area contributed by atoms with Crippen molar-refractivity contribution in [3.8, 4) is 0 Å². The van der Waals surface area contributed by atoms with Crippen LogP contribution in [0.2, 0.25) is 0 Å². The van der Waals surface area contributed by atoms with Crippen LogP contribution in [0.5, 0.6) is 0 Å². The van der Waals surface area contributed by atoms with Gasteiger partial charge in [0.25, 0.3) is 0 Å². The van der Waals surface area contributed by atoms with Gasteiger partial charge in [-0.2, -0.15) is 0 Å². The lowest BCUT2D eigenvalue weighted by Crippen LogP contribution is -2.12. The van der Waals surface area contributed by atoms with Crippen LogP contribution in [-0.2, 0) is 9.53 Å². The van der Waals surface area contributed by atoms with Gasteiger partial charge in [-0.15, -0.1) is 11.3 Å². The SMILES string of the molecule is CCOC(=O)[C@@H](C)c1nc(C)cs1. The summed E-state index contributed by atoms with van der Waals surface area (Å²) < 4.78 is 4.90. The molecule has 1 aromatic heterocycles. The Kier molecular flexibility index (Phi) is 3.42. The van der Waals surface area contributed by atoms with E-state index >= 15 is 0 Å². The molecular weight excluding hydrogens is 186 g/mol. The Morgan fingerprint density at radius 2 is 2.46 bits per heavy atom. The van der Waals surface area contributed by atoms with E-state index in [0.29, 0.717) is 6.61 Å². The number of rotatable bonds is 3. The van der Waals surface area contributed by atoms with Gasteiger partial charge in [0, 0.05) is 11.1 Å². The Hall–Kier alpha value is -0.900. The van der Waals surface area contributed by atoms with Crippen LogP contribution in [-0.4, -0.2) is 17.6 Å². The van der Waals surface area contributed by atoms with Crippen LogP contribution >= 0.6 is 11.3 Å². The van der Waals surface area contributed by atoms with Crippen molar-refractivity contribution in [3.63, 3.8) is 0 Å². The number of carbonyl (C=O) groups excluding carboxylic acids is 1. The maximum Gasteiger partial charge on any atom is 0.315 e. The second-order valence-electron chi connectivity index (χ2n) is 2.80. The predicted octanol–water partition coefficient (Wildman–Crippen LogP) is 2.12. The van der Waals surface area contributed by atoms with Crippen LogP contribution in [0.25, 0.3) is 0 Å². The predicted molar refractivity (Wildman–Crippen MR) is 51.9 cm³/mol. The van der Waals surface area contributed by atoms with Crippen molar-refractivity contribution >= 4 is 17.3 Å². The van der Waals surface area contributed by atoms with Gasteiger partial charge in [0.05, 0.1) is 6.61 Å². The first-order valence-corrected chi connectivity index (χ1v) is 5.11. The Labute approximate surface area is 81.8 Å². The monoisotopic (exact) mass is 199 g/mol. The molecule has 0 spiro atoms. The van der Waals surface area contributed by atoms with Crippen molar-refractivity contribution < 1.29 is 9.53 Å². The molecule has 0 bridgehead atoms. The maximum absolute atomic E-state index is 11.3. The highest BCUT2D eigenvalue weighted by atomic mass is 32.1. The number of thiazole rings is 1. The van der Waals surface area contributed by atoms with E-state index in [-0.39, 0.29) is 11.9 Å². The molecule has 4 heteroatoms. The molecule has 1 rings (SSSR count). The van der Waals surface area contributed by atoms with Gasteiger partial charge in [0.1, 0.15) is 10.9 Å². The summed E-state index contributed by atoms with van der Waals surface area (Å²) in [7, 11) is 0. The summed E-state index contributed by atoms with van der Waals surface area (Å²) in [4.78, 5) is 15.5. The average molecular weight is 199 g/mol. The maximum atomic E-state index is 11.3. The van der Waals surface area contributed by atoms with Crippen LogP contribution in [0, 0.1) is 6.92 Å². The molecule has 0 aliphatic rings. The summed E-state index contributed by atoms with van der Waals surface area (Å²) >= 11 is 1.50. The van der Waals surface area contributed by atoms with E-state index in [2.05, 4.69) is 4.98 Å². The van der Waals surface area contributed by atoms with Gasteiger partial charge in [-0.3, -0.25) is 4.79 Å². The Balaban J connectivity index is 2.67. The van der Waals surface area contributed by atoms with Crippen molar-refractivity contribution in [2.45, 2.75) is 26.7 Å². The minimum atomic E-state index is -0.237. The van der Waals surface area contributed by atoms with Crippen molar-refractivity contribution in [2.24, 2.45) is 0 Å². The summed E-state index contributed by atoms with van der Waals surface area (Å²) in [5, 5.41) is 2.77. The lowest BCUT2D eigenvalue weighted by atomic mass is 10.2. The minimum absolute atomic E-state index is 0.197. The first kappa shape index (κ1) is 10.2. The molecule has 0 N–H and O–H groups in total. The summed E-state index contributed by atoms with van der Waals surface area (Å²) in [6.45, 7) is 5.96. The third kappa shape index (κ3) is 2.52. The molecule has 0 unspecified atom stereocenters. The zero-order valence-corrected chi connectivity index (χ0v) is 8.85. The van der Waals surface area contributed by atoms with Crippen LogP contribution in [0.1, 0.15) is 30.5 Å². The standard InChI is InChI=1S/C9H13NO2S/c1-4-12-9(11)7(3)8-10-6(2)5-13-8/h5,7H,4H2,1-3H3/t7-/m0/s1. The van der Waals surface area contributed by atoms with Gasteiger partial charge in [-0.05, 0) is 20.8 Å². The first-order valence-electron chi connectivity index (χ1n) is 4.23. The van der Waals surface area contributed by atoms with Gasteiger partial charge in [0.2, 0.25) is 0 Å². The van der Waals surface area contributed by atoms with Crippen LogP contribution < -0.4 is 0 Å². The third-order valence-electron chi connectivity index (χ3n) is 1.65. The number of aryl methyl sites for hydroxylation is 1. The number of nitrogens with zero attached hydrogens (tertiary/aromatic N) is 1. The van der Waals surface area contributed by atoms with Crippen molar-refractivity contribution in [1.29, 1.82) is 0 Å². The Morgan fingerprint density at radius 1 is 1.77 bits per heavy atom. The molecule has 0 saturated heterocycles. The van der Waals surface area contributed by atoms with Crippen LogP contribution in [0.4, 0.5) is 0 Å².